The predicted octanol–water partition coefficient (Wildman–Crippen LogP) is 4.74. The van der Waals surface area contributed by atoms with E-state index >= 15 is 0 Å². The summed E-state index contributed by atoms with van der Waals surface area (Å²) >= 11 is 2.45. The lowest BCUT2D eigenvalue weighted by molar-refractivity contribution is -0.124. The van der Waals surface area contributed by atoms with E-state index in [4.69, 9.17) is 0 Å². The first-order valence-corrected chi connectivity index (χ1v) is 11.2. The van der Waals surface area contributed by atoms with Gasteiger partial charge in [0.15, 0.2) is 11.7 Å². The predicted molar refractivity (Wildman–Crippen MR) is 117 cm³/mol. The average molecular weight is 447 g/mol. The first-order valence-electron chi connectivity index (χ1n) is 9.45. The van der Waals surface area contributed by atoms with Crippen molar-refractivity contribution < 1.29 is 14.0 Å². The number of hydrogen-bond donors (Lipinski definition) is 1. The number of rotatable bonds is 7. The van der Waals surface area contributed by atoms with Crippen molar-refractivity contribution in [2.45, 2.75) is 45.7 Å². The van der Waals surface area contributed by atoms with Crippen LogP contribution in [0.2, 0.25) is 0 Å². The maximum atomic E-state index is 13.6. The van der Waals surface area contributed by atoms with Gasteiger partial charge in [0, 0.05) is 21.5 Å². The van der Waals surface area contributed by atoms with Crippen LogP contribution >= 0.6 is 22.9 Å². The molecule has 6 nitrogen and oxygen atoms in total. The Morgan fingerprint density at radius 1 is 1.23 bits per heavy atom. The number of anilines is 1. The maximum Gasteiger partial charge on any atom is 0.280 e. The van der Waals surface area contributed by atoms with Crippen molar-refractivity contribution in [2.24, 2.45) is 0 Å². The Kier molecular flexibility index (Phi) is 6.62. The number of carbonyl (C=O) groups is 2. The van der Waals surface area contributed by atoms with Crippen LogP contribution in [-0.4, -0.2) is 26.9 Å². The molecule has 0 aliphatic heterocycles. The number of aromatic nitrogens is 2. The van der Waals surface area contributed by atoms with E-state index in [1.165, 1.54) is 45.9 Å². The normalized spacial score (nSPS) is 12.4. The van der Waals surface area contributed by atoms with E-state index in [9.17, 15) is 14.0 Å². The molecule has 1 N–H and O–H groups in total. The molecule has 0 spiro atoms. The van der Waals surface area contributed by atoms with E-state index in [2.05, 4.69) is 14.9 Å². The van der Waals surface area contributed by atoms with Gasteiger partial charge in [-0.25, -0.2) is 4.39 Å². The second kappa shape index (κ2) is 9.01. The van der Waals surface area contributed by atoms with Gasteiger partial charge in [0.2, 0.25) is 5.91 Å². The fraction of sp³-hybridized carbons (Fsp3) is 0.333. The Morgan fingerprint density at radius 2 is 1.93 bits per heavy atom. The van der Waals surface area contributed by atoms with Crippen molar-refractivity contribution in [3.8, 4) is 0 Å². The van der Waals surface area contributed by atoms with Crippen molar-refractivity contribution in [3.63, 3.8) is 0 Å². The highest BCUT2D eigenvalue weighted by molar-refractivity contribution is 7.10. The fourth-order valence-electron chi connectivity index (χ4n) is 2.87. The molecule has 2 amide bonds. The Balaban J connectivity index is 2.15. The van der Waals surface area contributed by atoms with Crippen molar-refractivity contribution in [2.75, 3.05) is 4.90 Å². The molecule has 30 heavy (non-hydrogen) atoms. The fourth-order valence-corrected chi connectivity index (χ4v) is 4.32. The molecule has 2 heterocycles. The van der Waals surface area contributed by atoms with Crippen LogP contribution in [0.5, 0.6) is 0 Å². The Morgan fingerprint density at radius 3 is 2.47 bits per heavy atom. The van der Waals surface area contributed by atoms with Crippen molar-refractivity contribution in [3.05, 3.63) is 63.0 Å². The van der Waals surface area contributed by atoms with E-state index < -0.39 is 23.3 Å². The highest BCUT2D eigenvalue weighted by atomic mass is 32.1. The molecular formula is C21H23FN4O2S2. The molecule has 0 aliphatic carbocycles. The third kappa shape index (κ3) is 4.73. The summed E-state index contributed by atoms with van der Waals surface area (Å²) in [7, 11) is 0. The molecule has 0 saturated carbocycles. The Labute approximate surface area is 182 Å². The summed E-state index contributed by atoms with van der Waals surface area (Å²) < 4.78 is 17.4. The second-order valence-corrected chi connectivity index (χ2v) is 9.10. The monoisotopic (exact) mass is 446 g/mol. The maximum absolute atomic E-state index is 13.6. The summed E-state index contributed by atoms with van der Waals surface area (Å²) in [6, 6.07) is 6.48. The standard InChI is InChI=1S/C21H23FN4O2S2/c1-5-21(3,4)23-19(27)17(18-13(2)10-11-29-18)26(15-8-6-14(22)7-9-15)20(28)16-12-30-25-24-16/h6-12,17H,5H2,1-4H3,(H,23,27)/t17-/m0/s1. The van der Waals surface area contributed by atoms with E-state index in [1.54, 1.807) is 0 Å². The van der Waals surface area contributed by atoms with Crippen LogP contribution in [0, 0.1) is 12.7 Å². The summed E-state index contributed by atoms with van der Waals surface area (Å²) in [5.41, 5.74) is 0.966. The largest absolute Gasteiger partial charge is 0.349 e. The van der Waals surface area contributed by atoms with Crippen molar-refractivity contribution in [1.82, 2.24) is 14.9 Å². The first kappa shape index (κ1) is 22.0. The zero-order valence-corrected chi connectivity index (χ0v) is 18.8. The highest BCUT2D eigenvalue weighted by Crippen LogP contribution is 2.34. The molecule has 9 heteroatoms. The number of halogens is 1. The molecular weight excluding hydrogens is 423 g/mol. The molecule has 2 aromatic heterocycles. The minimum absolute atomic E-state index is 0.131. The smallest absolute Gasteiger partial charge is 0.280 e. The molecule has 3 rings (SSSR count). The summed E-state index contributed by atoms with van der Waals surface area (Å²) in [5.74, 6) is -1.22. The third-order valence-electron chi connectivity index (χ3n) is 4.90. The first-order chi connectivity index (χ1) is 14.2. The summed E-state index contributed by atoms with van der Waals surface area (Å²) in [4.78, 5) is 29.1. The molecule has 0 radical (unpaired) electrons. The lowest BCUT2D eigenvalue weighted by Crippen LogP contribution is -2.50. The number of carbonyl (C=O) groups excluding carboxylic acids is 2. The van der Waals surface area contributed by atoms with Crippen molar-refractivity contribution in [1.29, 1.82) is 0 Å². The van der Waals surface area contributed by atoms with Crippen LogP contribution in [0.4, 0.5) is 10.1 Å². The van der Waals surface area contributed by atoms with Gasteiger partial charge in [-0.15, -0.1) is 16.4 Å². The minimum Gasteiger partial charge on any atom is -0.349 e. The van der Waals surface area contributed by atoms with Crippen LogP contribution in [0.3, 0.4) is 0 Å². The van der Waals surface area contributed by atoms with Gasteiger partial charge in [0.1, 0.15) is 5.82 Å². The van der Waals surface area contributed by atoms with E-state index in [-0.39, 0.29) is 11.6 Å². The number of amides is 2. The van der Waals surface area contributed by atoms with E-state index in [0.29, 0.717) is 5.69 Å². The Bertz CT molecular complexity index is 1020. The Hall–Kier alpha value is -2.65. The van der Waals surface area contributed by atoms with Gasteiger partial charge in [0.05, 0.1) is 0 Å². The van der Waals surface area contributed by atoms with E-state index in [1.807, 2.05) is 39.1 Å². The van der Waals surface area contributed by atoms with Gasteiger partial charge in [-0.2, -0.15) is 0 Å². The number of nitrogens with zero attached hydrogens (tertiary/aromatic N) is 3. The minimum atomic E-state index is -0.935. The molecule has 158 valence electrons. The summed E-state index contributed by atoms with van der Waals surface area (Å²) in [6.07, 6.45) is 0.718. The molecule has 3 aromatic rings. The van der Waals surface area contributed by atoms with Gasteiger partial charge in [-0.1, -0.05) is 11.4 Å². The van der Waals surface area contributed by atoms with Gasteiger partial charge in [-0.3, -0.25) is 14.5 Å². The number of thiophene rings is 1. The van der Waals surface area contributed by atoms with Gasteiger partial charge in [-0.05, 0) is 80.0 Å². The van der Waals surface area contributed by atoms with Gasteiger partial charge in [0.25, 0.3) is 5.91 Å². The SMILES string of the molecule is CCC(C)(C)NC(=O)[C@H](c1sccc1C)N(C(=O)c1csnn1)c1ccc(F)cc1. The van der Waals surface area contributed by atoms with Crippen LogP contribution in [0.15, 0.2) is 41.1 Å². The average Bonchev–Trinajstić information content (AvgIpc) is 3.38. The number of benzene rings is 1. The summed E-state index contributed by atoms with van der Waals surface area (Å²) in [6.45, 7) is 7.74. The molecule has 1 aromatic carbocycles. The second-order valence-electron chi connectivity index (χ2n) is 7.54. The molecule has 0 unspecified atom stereocenters. The number of hydrogen-bond acceptors (Lipinski definition) is 6. The van der Waals surface area contributed by atoms with E-state index in [0.717, 1.165) is 28.4 Å². The van der Waals surface area contributed by atoms with Crippen molar-refractivity contribution >= 4 is 40.4 Å². The quantitative estimate of drug-likeness (QED) is 0.569. The van der Waals surface area contributed by atoms with Crippen LogP contribution in [0.1, 0.15) is 54.2 Å². The molecule has 1 atom stereocenters. The zero-order chi connectivity index (χ0) is 21.9. The highest BCUT2D eigenvalue weighted by Gasteiger charge is 2.37. The zero-order valence-electron chi connectivity index (χ0n) is 17.2. The van der Waals surface area contributed by atoms with Crippen LogP contribution in [-0.2, 0) is 4.79 Å². The van der Waals surface area contributed by atoms with Crippen LogP contribution < -0.4 is 10.2 Å². The number of aryl methyl sites for hydroxylation is 1. The molecule has 0 bridgehead atoms. The topological polar surface area (TPSA) is 75.2 Å². The lowest BCUT2D eigenvalue weighted by Gasteiger charge is -2.34. The third-order valence-corrected chi connectivity index (χ3v) is 6.48. The lowest BCUT2D eigenvalue weighted by atomic mass is 10.00. The molecule has 0 saturated heterocycles. The summed E-state index contributed by atoms with van der Waals surface area (Å²) in [5, 5.41) is 10.4. The number of nitrogens with one attached hydrogen (secondary N) is 1. The van der Waals surface area contributed by atoms with Gasteiger partial charge >= 0.3 is 0 Å². The van der Waals surface area contributed by atoms with Crippen LogP contribution in [0.25, 0.3) is 0 Å². The van der Waals surface area contributed by atoms with Gasteiger partial charge < -0.3 is 5.32 Å². The molecule has 0 fully saturated rings. The molecule has 0 aliphatic rings.